The minimum Gasteiger partial charge on any atom is -1.00 e. The van der Waals surface area contributed by atoms with Crippen molar-refractivity contribution in [2.24, 2.45) is 5.92 Å². The third-order valence-electron chi connectivity index (χ3n) is 5.40. The fraction of sp³-hybridized carbons (Fsp3) is 0.261. The molecule has 2 aromatic rings. The number of benzene rings is 2. The van der Waals surface area contributed by atoms with Crippen LogP contribution in [0.5, 0.6) is 0 Å². The molecule has 0 nitrogen and oxygen atoms in total. The first-order chi connectivity index (χ1) is 11.6. The van der Waals surface area contributed by atoms with E-state index in [1.165, 1.54) is 16.7 Å². The van der Waals surface area contributed by atoms with Gasteiger partial charge in [-0.05, 0) is 0 Å². The summed E-state index contributed by atoms with van der Waals surface area (Å²) in [5, 5.41) is 0. The van der Waals surface area contributed by atoms with Crippen LogP contribution in [0, 0.1) is 5.92 Å². The number of halogens is 2. The van der Waals surface area contributed by atoms with Gasteiger partial charge in [-0.2, -0.15) is 0 Å². The fourth-order valence-corrected chi connectivity index (χ4v) is 15.8. The molecule has 0 N–H and O–H groups in total. The molecule has 0 saturated heterocycles. The molecular formula is C23H24Cl2Hf. The molecule has 2 aromatic carbocycles. The van der Waals surface area contributed by atoms with Crippen LogP contribution >= 0.6 is 0 Å². The van der Waals surface area contributed by atoms with Crippen LogP contribution in [0.4, 0.5) is 0 Å². The average Bonchev–Trinajstić information content (AvgIpc) is 3.10. The summed E-state index contributed by atoms with van der Waals surface area (Å²) in [4.78, 5) is 0. The maximum absolute atomic E-state index is 2.45. The van der Waals surface area contributed by atoms with Crippen LogP contribution in [0.1, 0.15) is 38.8 Å². The van der Waals surface area contributed by atoms with E-state index in [2.05, 4.69) is 82.3 Å². The summed E-state index contributed by atoms with van der Waals surface area (Å²) in [7, 11) is 0. The van der Waals surface area contributed by atoms with E-state index >= 15 is 0 Å². The van der Waals surface area contributed by atoms with Crippen molar-refractivity contribution in [2.75, 3.05) is 0 Å². The molecule has 0 amide bonds. The van der Waals surface area contributed by atoms with Gasteiger partial charge < -0.3 is 24.8 Å². The van der Waals surface area contributed by atoms with E-state index in [-0.39, 0.29) is 24.8 Å². The normalized spacial score (nSPS) is 16.2. The molecule has 3 heteroatoms. The van der Waals surface area contributed by atoms with Crippen LogP contribution in [-0.4, -0.2) is 3.26 Å². The number of rotatable bonds is 2. The molecule has 2 aliphatic rings. The smallest absolute Gasteiger partial charge is 1.00 e. The summed E-state index contributed by atoms with van der Waals surface area (Å²) in [5.74, 6) is 0.627. The second-order valence-electron chi connectivity index (χ2n) is 7.29. The van der Waals surface area contributed by atoms with Gasteiger partial charge in [-0.15, -0.1) is 0 Å². The molecule has 0 radical (unpaired) electrons. The Morgan fingerprint density at radius 3 is 2.31 bits per heavy atom. The van der Waals surface area contributed by atoms with Crippen molar-refractivity contribution >= 4 is 6.58 Å². The number of hydrogen-bond donors (Lipinski definition) is 0. The van der Waals surface area contributed by atoms with Crippen molar-refractivity contribution in [3.8, 4) is 11.1 Å². The molecule has 0 bridgehead atoms. The van der Waals surface area contributed by atoms with E-state index in [0.717, 1.165) is 6.42 Å². The van der Waals surface area contributed by atoms with Gasteiger partial charge in [-0.25, -0.2) is 0 Å². The molecule has 0 spiro atoms. The summed E-state index contributed by atoms with van der Waals surface area (Å²) in [5.41, 5.74) is 7.61. The Balaban J connectivity index is 0.00000121. The van der Waals surface area contributed by atoms with Crippen LogP contribution in [-0.2, 0) is 27.4 Å². The largest absolute Gasteiger partial charge is 1.00 e. The third-order valence-corrected chi connectivity index (χ3v) is 17.6. The molecule has 4 rings (SSSR count). The topological polar surface area (TPSA) is 0 Å². The van der Waals surface area contributed by atoms with Gasteiger partial charge in [0, 0.05) is 0 Å². The Hall–Kier alpha value is -0.760. The van der Waals surface area contributed by atoms with E-state index in [0.29, 0.717) is 5.92 Å². The van der Waals surface area contributed by atoms with Gasteiger partial charge in [-0.3, -0.25) is 0 Å². The second kappa shape index (κ2) is 8.50. The SMILES string of the molecule is CC1=[C]([Hf+2](=[C](C)C)[c]2cccc3c2Cc2ccccc2-3)C(C)C=C1.[Cl-].[Cl-]. The Kier molecular flexibility index (Phi) is 7.04. The molecule has 0 saturated carbocycles. The Morgan fingerprint density at radius 2 is 1.65 bits per heavy atom. The second-order valence-corrected chi connectivity index (χ2v) is 17.4. The molecule has 26 heavy (non-hydrogen) atoms. The van der Waals surface area contributed by atoms with Crippen LogP contribution in [0.15, 0.2) is 63.5 Å². The number of allylic oxidation sites excluding steroid dienone is 4. The predicted octanol–water partition coefficient (Wildman–Crippen LogP) is -0.799. The summed E-state index contributed by atoms with van der Waals surface area (Å²) in [6.45, 7) is 9.47. The van der Waals surface area contributed by atoms with E-state index in [1.54, 1.807) is 21.0 Å². The van der Waals surface area contributed by atoms with E-state index in [4.69, 9.17) is 0 Å². The molecule has 1 unspecified atom stereocenters. The summed E-state index contributed by atoms with van der Waals surface area (Å²) in [6, 6.07) is 16.0. The standard InChI is InChI=1S/C13H9.C7H9.C3H6.2ClH.Hf/c1-3-7-12-10(5-1)9-11-6-2-4-8-13(11)12;1-6-3-4-7(2)5-6;1-3-2;;;/h1-5,7-8H,9H2;3-4,6H,1-2H3;1-2H3;2*1H;/q;;;;;+2/p-2. The molecule has 134 valence electrons. The van der Waals surface area contributed by atoms with E-state index in [9.17, 15) is 0 Å². The molecule has 1 atom stereocenters. The van der Waals surface area contributed by atoms with Gasteiger partial charge >= 0.3 is 153 Å². The average molecular weight is 550 g/mol. The third kappa shape index (κ3) is 3.51. The predicted molar refractivity (Wildman–Crippen MR) is 102 cm³/mol. The minimum atomic E-state index is -2.19. The van der Waals surface area contributed by atoms with Crippen molar-refractivity contribution in [3.63, 3.8) is 0 Å². The zero-order chi connectivity index (χ0) is 16.8. The zero-order valence-corrected chi connectivity index (χ0v) is 20.8. The number of fused-ring (bicyclic) bond motifs is 3. The van der Waals surface area contributed by atoms with Gasteiger partial charge in [0.05, 0.1) is 0 Å². The minimum absolute atomic E-state index is 0. The van der Waals surface area contributed by atoms with Gasteiger partial charge in [0.2, 0.25) is 0 Å². The molecule has 0 aromatic heterocycles. The molecule has 2 aliphatic carbocycles. The number of hydrogen-bond acceptors (Lipinski definition) is 0. The Bertz CT molecular complexity index is 931. The first-order valence-electron chi connectivity index (χ1n) is 8.85. The van der Waals surface area contributed by atoms with E-state index in [1.807, 2.05) is 0 Å². The maximum Gasteiger partial charge on any atom is -1.00 e. The van der Waals surface area contributed by atoms with Gasteiger partial charge in [0.15, 0.2) is 0 Å². The van der Waals surface area contributed by atoms with Crippen LogP contribution < -0.4 is 28.1 Å². The van der Waals surface area contributed by atoms with Gasteiger partial charge in [0.25, 0.3) is 0 Å². The first-order valence-corrected chi connectivity index (χ1v) is 14.2. The Morgan fingerprint density at radius 1 is 0.962 bits per heavy atom. The quantitative estimate of drug-likeness (QED) is 0.368. The van der Waals surface area contributed by atoms with Crippen molar-refractivity contribution in [3.05, 3.63) is 74.6 Å². The van der Waals surface area contributed by atoms with Crippen molar-refractivity contribution in [1.82, 2.24) is 0 Å². The van der Waals surface area contributed by atoms with Gasteiger partial charge in [0.1, 0.15) is 0 Å². The van der Waals surface area contributed by atoms with Gasteiger partial charge in [-0.1, -0.05) is 0 Å². The van der Waals surface area contributed by atoms with E-state index < -0.39 is 21.0 Å². The van der Waals surface area contributed by atoms with Crippen LogP contribution in [0.2, 0.25) is 0 Å². The van der Waals surface area contributed by atoms with Crippen LogP contribution in [0.25, 0.3) is 11.1 Å². The maximum atomic E-state index is 2.45. The summed E-state index contributed by atoms with van der Waals surface area (Å²) < 4.78 is 5.22. The summed E-state index contributed by atoms with van der Waals surface area (Å²) in [6.07, 6.45) is 5.87. The van der Waals surface area contributed by atoms with Crippen LogP contribution in [0.3, 0.4) is 0 Å². The van der Waals surface area contributed by atoms with Crippen molar-refractivity contribution in [1.29, 1.82) is 0 Å². The monoisotopic (exact) mass is 550 g/mol. The molecule has 0 fully saturated rings. The summed E-state index contributed by atoms with van der Waals surface area (Å²) >= 11 is -2.19. The fourth-order valence-electron chi connectivity index (χ4n) is 4.33. The van der Waals surface area contributed by atoms with Crippen molar-refractivity contribution < 1.29 is 45.8 Å². The molecule has 0 heterocycles. The Labute approximate surface area is 177 Å². The van der Waals surface area contributed by atoms with Crippen molar-refractivity contribution in [2.45, 2.75) is 34.1 Å². The first kappa shape index (κ1) is 21.5. The molecular weight excluding hydrogens is 526 g/mol. The zero-order valence-electron chi connectivity index (χ0n) is 15.7. The molecule has 0 aliphatic heterocycles.